The zero-order chi connectivity index (χ0) is 15.4. The number of hydrogen-bond acceptors (Lipinski definition) is 3. The lowest BCUT2D eigenvalue weighted by Gasteiger charge is -2.13. The average Bonchev–Trinajstić information content (AvgIpc) is 2.97. The van der Waals surface area contributed by atoms with Gasteiger partial charge in [0.25, 0.3) is 0 Å². The molecular formula is C17H17N3OS. The van der Waals surface area contributed by atoms with Crippen LogP contribution < -0.4 is 5.32 Å². The van der Waals surface area contributed by atoms with Gasteiger partial charge in [0.1, 0.15) is 0 Å². The molecule has 0 aliphatic heterocycles. The third-order valence-corrected chi connectivity index (χ3v) is 4.38. The summed E-state index contributed by atoms with van der Waals surface area (Å²) in [6.07, 6.45) is 3.77. The number of hydrogen-bond donors (Lipinski definition) is 1. The van der Waals surface area contributed by atoms with Crippen LogP contribution in [0.2, 0.25) is 0 Å². The fourth-order valence-electron chi connectivity index (χ4n) is 2.26. The fraction of sp³-hybridized carbons (Fsp3) is 0.176. The van der Waals surface area contributed by atoms with E-state index in [9.17, 15) is 4.79 Å². The molecule has 0 aliphatic carbocycles. The van der Waals surface area contributed by atoms with E-state index in [0.717, 1.165) is 16.2 Å². The molecule has 1 amide bonds. The molecule has 1 N–H and O–H groups in total. The Balaban J connectivity index is 1.58. The Morgan fingerprint density at radius 2 is 2.00 bits per heavy atom. The second-order valence-corrected chi connectivity index (χ2v) is 5.97. The van der Waals surface area contributed by atoms with Crippen LogP contribution in [0.1, 0.15) is 18.5 Å². The van der Waals surface area contributed by atoms with Gasteiger partial charge in [-0.3, -0.25) is 9.20 Å². The van der Waals surface area contributed by atoms with Gasteiger partial charge < -0.3 is 5.32 Å². The van der Waals surface area contributed by atoms with Crippen molar-refractivity contribution in [2.45, 2.75) is 18.1 Å². The highest BCUT2D eigenvalue weighted by atomic mass is 32.2. The molecule has 0 fully saturated rings. The lowest BCUT2D eigenvalue weighted by atomic mass is 10.1. The van der Waals surface area contributed by atoms with Crippen LogP contribution in [0.3, 0.4) is 0 Å². The van der Waals surface area contributed by atoms with Crippen LogP contribution in [-0.4, -0.2) is 21.0 Å². The quantitative estimate of drug-likeness (QED) is 0.735. The molecule has 0 bridgehead atoms. The number of rotatable bonds is 5. The molecule has 1 unspecified atom stereocenters. The molecule has 1 atom stereocenters. The van der Waals surface area contributed by atoms with Gasteiger partial charge in [-0.25, -0.2) is 4.98 Å². The third kappa shape index (κ3) is 3.31. The van der Waals surface area contributed by atoms with E-state index in [0.29, 0.717) is 5.75 Å². The van der Waals surface area contributed by atoms with Crippen molar-refractivity contribution in [3.63, 3.8) is 0 Å². The minimum Gasteiger partial charge on any atom is -0.349 e. The number of aromatic nitrogens is 2. The Hall–Kier alpha value is -2.27. The van der Waals surface area contributed by atoms with Gasteiger partial charge >= 0.3 is 0 Å². The Morgan fingerprint density at radius 1 is 1.23 bits per heavy atom. The number of imidazole rings is 1. The zero-order valence-corrected chi connectivity index (χ0v) is 13.1. The highest BCUT2D eigenvalue weighted by Gasteiger charge is 2.11. The van der Waals surface area contributed by atoms with Crippen LogP contribution in [0.4, 0.5) is 0 Å². The van der Waals surface area contributed by atoms with Crippen molar-refractivity contribution in [3.8, 4) is 0 Å². The first-order valence-corrected chi connectivity index (χ1v) is 8.12. The van der Waals surface area contributed by atoms with Crippen LogP contribution in [0.25, 0.3) is 5.52 Å². The first kappa shape index (κ1) is 14.7. The lowest BCUT2D eigenvalue weighted by Crippen LogP contribution is -2.28. The maximum Gasteiger partial charge on any atom is 0.230 e. The molecule has 4 nitrogen and oxygen atoms in total. The average molecular weight is 311 g/mol. The van der Waals surface area contributed by atoms with E-state index in [1.54, 1.807) is 0 Å². The predicted octanol–water partition coefficient (Wildman–Crippen LogP) is 3.30. The van der Waals surface area contributed by atoms with E-state index < -0.39 is 0 Å². The number of thioether (sulfide) groups is 1. The number of fused-ring (bicyclic) bond motifs is 1. The third-order valence-electron chi connectivity index (χ3n) is 3.41. The SMILES string of the molecule is CC(NC(=O)CSc1ncc2ccccn12)c1ccccc1. The van der Waals surface area contributed by atoms with Crippen molar-refractivity contribution >= 4 is 23.2 Å². The summed E-state index contributed by atoms with van der Waals surface area (Å²) in [7, 11) is 0. The van der Waals surface area contributed by atoms with Crippen molar-refractivity contribution in [1.82, 2.24) is 14.7 Å². The molecule has 3 aromatic rings. The monoisotopic (exact) mass is 311 g/mol. The van der Waals surface area contributed by atoms with Gasteiger partial charge in [0.2, 0.25) is 5.91 Å². The van der Waals surface area contributed by atoms with Crippen LogP contribution >= 0.6 is 11.8 Å². The normalized spacial score (nSPS) is 12.2. The number of nitrogens with zero attached hydrogens (tertiary/aromatic N) is 2. The first-order chi connectivity index (χ1) is 10.7. The molecule has 0 spiro atoms. The van der Waals surface area contributed by atoms with Crippen molar-refractivity contribution < 1.29 is 4.79 Å². The van der Waals surface area contributed by atoms with Crippen molar-refractivity contribution in [2.75, 3.05) is 5.75 Å². The van der Waals surface area contributed by atoms with Gasteiger partial charge in [-0.15, -0.1) is 0 Å². The summed E-state index contributed by atoms with van der Waals surface area (Å²) in [4.78, 5) is 16.4. The van der Waals surface area contributed by atoms with Crippen LogP contribution in [0.5, 0.6) is 0 Å². The second-order valence-electron chi connectivity index (χ2n) is 5.02. The number of carbonyl (C=O) groups is 1. The van der Waals surface area contributed by atoms with Gasteiger partial charge in [0.05, 0.1) is 23.5 Å². The molecule has 2 heterocycles. The first-order valence-electron chi connectivity index (χ1n) is 7.13. The van der Waals surface area contributed by atoms with Crippen LogP contribution in [0, 0.1) is 0 Å². The van der Waals surface area contributed by atoms with E-state index in [1.807, 2.05) is 72.2 Å². The highest BCUT2D eigenvalue weighted by Crippen LogP contribution is 2.18. The predicted molar refractivity (Wildman–Crippen MR) is 88.9 cm³/mol. The number of nitrogens with one attached hydrogen (secondary N) is 1. The molecule has 0 saturated carbocycles. The number of amides is 1. The molecule has 3 rings (SSSR count). The van der Waals surface area contributed by atoms with Crippen molar-refractivity contribution in [3.05, 3.63) is 66.5 Å². The van der Waals surface area contributed by atoms with Gasteiger partial charge in [0.15, 0.2) is 5.16 Å². The van der Waals surface area contributed by atoms with E-state index in [1.165, 1.54) is 11.8 Å². The van der Waals surface area contributed by atoms with Gasteiger partial charge in [0, 0.05) is 6.20 Å². The minimum absolute atomic E-state index is 0.00585. The van der Waals surface area contributed by atoms with Crippen LogP contribution in [0.15, 0.2) is 66.1 Å². The highest BCUT2D eigenvalue weighted by molar-refractivity contribution is 7.99. The minimum atomic E-state index is 0.00585. The Labute approximate surface area is 133 Å². The van der Waals surface area contributed by atoms with Gasteiger partial charge in [-0.1, -0.05) is 48.2 Å². The molecule has 0 saturated heterocycles. The van der Waals surface area contributed by atoms with Gasteiger partial charge in [-0.05, 0) is 24.6 Å². The van der Waals surface area contributed by atoms with E-state index in [4.69, 9.17) is 0 Å². The summed E-state index contributed by atoms with van der Waals surface area (Å²) in [5.74, 6) is 0.361. The second kappa shape index (κ2) is 6.66. The van der Waals surface area contributed by atoms with Crippen LogP contribution in [-0.2, 0) is 4.79 Å². The fourth-order valence-corrected chi connectivity index (χ4v) is 3.04. The standard InChI is InChI=1S/C17H17N3OS/c1-13(14-7-3-2-4-8-14)19-16(21)12-22-17-18-11-15-9-5-6-10-20(15)17/h2-11,13H,12H2,1H3,(H,19,21). The molecule has 22 heavy (non-hydrogen) atoms. The number of pyridine rings is 1. The molecular weight excluding hydrogens is 294 g/mol. The van der Waals surface area contributed by atoms with Crippen molar-refractivity contribution in [1.29, 1.82) is 0 Å². The Bertz CT molecular complexity index is 770. The summed E-state index contributed by atoms with van der Waals surface area (Å²) >= 11 is 1.44. The largest absolute Gasteiger partial charge is 0.349 e. The molecule has 5 heteroatoms. The lowest BCUT2D eigenvalue weighted by molar-refractivity contribution is -0.119. The topological polar surface area (TPSA) is 46.4 Å². The maximum absolute atomic E-state index is 12.1. The molecule has 0 aliphatic rings. The molecule has 112 valence electrons. The van der Waals surface area contributed by atoms with Gasteiger partial charge in [-0.2, -0.15) is 0 Å². The Kier molecular flexibility index (Phi) is 4.44. The zero-order valence-electron chi connectivity index (χ0n) is 12.3. The summed E-state index contributed by atoms with van der Waals surface area (Å²) in [6.45, 7) is 1.99. The molecule has 1 aromatic carbocycles. The van der Waals surface area contributed by atoms with Crippen molar-refractivity contribution in [2.24, 2.45) is 0 Å². The summed E-state index contributed by atoms with van der Waals surface area (Å²) in [5.41, 5.74) is 2.13. The Morgan fingerprint density at radius 3 is 2.82 bits per heavy atom. The van der Waals surface area contributed by atoms with E-state index >= 15 is 0 Å². The van der Waals surface area contributed by atoms with E-state index in [-0.39, 0.29) is 11.9 Å². The van der Waals surface area contributed by atoms with E-state index in [2.05, 4.69) is 10.3 Å². The number of benzene rings is 1. The smallest absolute Gasteiger partial charge is 0.230 e. The summed E-state index contributed by atoms with van der Waals surface area (Å²) < 4.78 is 1.98. The summed E-state index contributed by atoms with van der Waals surface area (Å²) in [6, 6.07) is 15.9. The maximum atomic E-state index is 12.1. The number of carbonyl (C=O) groups excluding carboxylic acids is 1. The molecule has 2 aromatic heterocycles. The molecule has 0 radical (unpaired) electrons. The summed E-state index contributed by atoms with van der Waals surface area (Å²) in [5, 5.41) is 3.84.